The Labute approximate surface area is 405 Å². The van der Waals surface area contributed by atoms with Crippen molar-refractivity contribution in [2.75, 3.05) is 74.3 Å². The number of ether oxygens (including phenoxy) is 4. The molecule has 17 nitrogen and oxygen atoms in total. The number of nitrogens with one attached hydrogen (secondary N) is 3. The molecular formula is C51H57FN8O9S. The van der Waals surface area contributed by atoms with E-state index in [1.165, 1.54) is 24.5 Å². The van der Waals surface area contributed by atoms with Gasteiger partial charge in [-0.3, -0.25) is 19.8 Å². The summed E-state index contributed by atoms with van der Waals surface area (Å²) in [6.07, 6.45) is 10.6. The first-order chi connectivity index (χ1) is 33.9. The molecule has 1 aliphatic carbocycles. The number of carbonyl (C=O) groups excluding carboxylic acids is 1. The number of likely N-dealkylation sites (tertiary alicyclic amines) is 1. The molecule has 2 spiro atoms. The van der Waals surface area contributed by atoms with Crippen molar-refractivity contribution >= 4 is 55.4 Å². The number of aromatic amines is 1. The van der Waals surface area contributed by atoms with Gasteiger partial charge in [0.2, 0.25) is 5.88 Å². The Bertz CT molecular complexity index is 2970. The highest BCUT2D eigenvalue weighted by Crippen LogP contribution is 2.57. The lowest BCUT2D eigenvalue weighted by Crippen LogP contribution is -2.62. The molecule has 1 saturated carbocycles. The number of amides is 1. The quantitative estimate of drug-likeness (QED) is 0.0909. The van der Waals surface area contributed by atoms with E-state index >= 15 is 4.39 Å². The summed E-state index contributed by atoms with van der Waals surface area (Å²) in [7, 11) is -4.68. The van der Waals surface area contributed by atoms with E-state index in [0.29, 0.717) is 35.6 Å². The summed E-state index contributed by atoms with van der Waals surface area (Å²) in [5, 5.41) is 15.9. The second kappa shape index (κ2) is 17.4. The van der Waals surface area contributed by atoms with Gasteiger partial charge in [0.15, 0.2) is 0 Å². The van der Waals surface area contributed by atoms with Crippen molar-refractivity contribution in [2.24, 2.45) is 5.41 Å². The van der Waals surface area contributed by atoms with Crippen molar-refractivity contribution in [3.63, 3.8) is 0 Å². The van der Waals surface area contributed by atoms with E-state index in [0.717, 1.165) is 93.7 Å². The van der Waals surface area contributed by atoms with Crippen LogP contribution in [0.15, 0.2) is 83.9 Å². The van der Waals surface area contributed by atoms with E-state index in [1.54, 1.807) is 12.3 Å². The van der Waals surface area contributed by atoms with Crippen LogP contribution < -0.4 is 29.3 Å². The highest BCUT2D eigenvalue weighted by Gasteiger charge is 2.54. The molecule has 1 amide bonds. The zero-order valence-electron chi connectivity index (χ0n) is 38.9. The number of pyridine rings is 1. The third-order valence-electron chi connectivity index (χ3n) is 16.4. The molecule has 6 aliphatic heterocycles. The van der Waals surface area contributed by atoms with Crippen molar-refractivity contribution in [1.29, 1.82) is 0 Å². The normalized spacial score (nSPS) is 25.0. The highest BCUT2D eigenvalue weighted by molar-refractivity contribution is 7.90. The van der Waals surface area contributed by atoms with Gasteiger partial charge in [0.05, 0.1) is 52.5 Å². The summed E-state index contributed by atoms with van der Waals surface area (Å²) < 4.78 is 69.6. The fourth-order valence-electron chi connectivity index (χ4n) is 12.6. The molecule has 0 bridgehead atoms. The lowest BCUT2D eigenvalue weighted by Gasteiger charge is -2.61. The highest BCUT2D eigenvalue weighted by atomic mass is 32.2. The lowest BCUT2D eigenvalue weighted by molar-refractivity contribution is -0.384. The Kier molecular flexibility index (Phi) is 11.2. The molecule has 5 fully saturated rings. The number of hydrogen-bond acceptors (Lipinski definition) is 14. The molecule has 5 aromatic rings. The fourth-order valence-corrected chi connectivity index (χ4v) is 13.6. The number of sulfonamides is 1. The number of nitrogens with zero attached hydrogens (tertiary/aromatic N) is 5. The molecule has 8 heterocycles. The van der Waals surface area contributed by atoms with Crippen molar-refractivity contribution < 1.29 is 41.5 Å². The molecule has 3 aromatic carbocycles. The third kappa shape index (κ3) is 7.88. The summed E-state index contributed by atoms with van der Waals surface area (Å²) >= 11 is 0. The van der Waals surface area contributed by atoms with Crippen LogP contribution in [-0.2, 0) is 25.0 Å². The summed E-state index contributed by atoms with van der Waals surface area (Å²) in [5.74, 6) is 0.454. The predicted molar refractivity (Wildman–Crippen MR) is 260 cm³/mol. The number of aromatic nitrogens is 2. The van der Waals surface area contributed by atoms with Crippen LogP contribution in [0.2, 0.25) is 0 Å². The molecule has 368 valence electrons. The van der Waals surface area contributed by atoms with Crippen LogP contribution in [-0.4, -0.2) is 117 Å². The molecular weight excluding hydrogens is 920 g/mol. The van der Waals surface area contributed by atoms with E-state index in [-0.39, 0.29) is 67.5 Å². The van der Waals surface area contributed by atoms with Crippen molar-refractivity contribution in [3.8, 4) is 11.6 Å². The number of alkyl halides is 1. The fraction of sp³-hybridized carbons (Fsp3) is 0.490. The number of halogens is 1. The Morgan fingerprint density at radius 2 is 1.73 bits per heavy atom. The summed E-state index contributed by atoms with van der Waals surface area (Å²) in [5.41, 5.74) is 2.00. The topological polar surface area (TPSA) is 194 Å². The molecule has 70 heavy (non-hydrogen) atoms. The molecule has 2 aromatic heterocycles. The Hall–Kier alpha value is -6.02. The second-order valence-corrected chi connectivity index (χ2v) is 22.1. The SMILES string of the molecule is O=C(NS(=O)(=O)c1ccc(NCC2(F)CCOCC2)c([N+](=O)[O-])c1)c1ccc(N2CCC3(CC2)CC(N2CCCC[C@]24CCOc2ccccc24)C3)cc1N1c2cc3cc[nH]c3nc2O[C@@H]2COC[C@H]21. The van der Waals surface area contributed by atoms with Crippen LogP contribution in [0.5, 0.6) is 11.6 Å². The van der Waals surface area contributed by atoms with E-state index in [2.05, 4.69) is 49.1 Å². The molecule has 7 aliphatic rings. The van der Waals surface area contributed by atoms with Gasteiger partial charge in [-0.1, -0.05) is 18.2 Å². The van der Waals surface area contributed by atoms with Crippen LogP contribution in [0.3, 0.4) is 0 Å². The molecule has 4 saturated heterocycles. The van der Waals surface area contributed by atoms with Gasteiger partial charge in [-0.15, -0.1) is 0 Å². The Morgan fingerprint density at radius 1 is 0.900 bits per heavy atom. The van der Waals surface area contributed by atoms with Gasteiger partial charge in [0.1, 0.15) is 34.5 Å². The first-order valence-electron chi connectivity index (χ1n) is 24.7. The zero-order chi connectivity index (χ0) is 47.8. The summed E-state index contributed by atoms with van der Waals surface area (Å²) in [4.78, 5) is 40.8. The van der Waals surface area contributed by atoms with Crippen LogP contribution in [0, 0.1) is 15.5 Å². The van der Waals surface area contributed by atoms with Gasteiger partial charge in [-0.2, -0.15) is 4.98 Å². The number of para-hydroxylation sites is 1. The van der Waals surface area contributed by atoms with E-state index in [9.17, 15) is 23.3 Å². The number of anilines is 4. The standard InChI is InChI=1S/C51H57FN8O9S/c52-50(15-22-66-23-16-50)32-54-39-10-8-36(27-41(39)60(62)63)70(64,65)56-47(61)37-9-7-34(26-40(37)59-42-25-33-11-18-53-46(33)55-48(42)69-45-31-67-30-43(45)59)57-20-13-49(14-21-57)28-35(29-49)58-19-4-3-12-51(58)17-24-68-44-6-2-1-5-38(44)51/h1-2,5-11,18,25-27,35,43,45,54H,3-4,12-17,19-24,28-32H2,(H,53,55)(H,56,61)/t43-,45-,51-/m1/s1. The predicted octanol–water partition coefficient (Wildman–Crippen LogP) is 7.73. The van der Waals surface area contributed by atoms with Crippen molar-refractivity contribution in [2.45, 2.75) is 98.5 Å². The summed E-state index contributed by atoms with van der Waals surface area (Å²) in [6, 6.07) is 21.3. The number of nitro benzene ring substituents is 1. The Balaban J connectivity index is 0.825. The van der Waals surface area contributed by atoms with Gasteiger partial charge in [0, 0.05) is 87.1 Å². The second-order valence-electron chi connectivity index (χ2n) is 20.4. The number of rotatable bonds is 10. The molecule has 0 unspecified atom stereocenters. The van der Waals surface area contributed by atoms with E-state index in [1.807, 2.05) is 29.2 Å². The number of H-pyrrole nitrogens is 1. The molecule has 3 atom stereocenters. The third-order valence-corrected chi connectivity index (χ3v) is 17.8. The first-order valence-corrected chi connectivity index (χ1v) is 26.1. The monoisotopic (exact) mass is 976 g/mol. The lowest BCUT2D eigenvalue weighted by atomic mass is 9.58. The average molecular weight is 977 g/mol. The zero-order valence-corrected chi connectivity index (χ0v) is 39.7. The van der Waals surface area contributed by atoms with Crippen molar-refractivity contribution in [1.82, 2.24) is 19.6 Å². The van der Waals surface area contributed by atoms with Crippen LogP contribution in [0.1, 0.15) is 80.1 Å². The maximum absolute atomic E-state index is 15.4. The largest absolute Gasteiger partial charge is 0.493 e. The maximum Gasteiger partial charge on any atom is 0.293 e. The molecule has 12 rings (SSSR count). The van der Waals surface area contributed by atoms with Crippen LogP contribution in [0.4, 0.5) is 32.8 Å². The average Bonchev–Trinajstić information content (AvgIpc) is 4.03. The van der Waals surface area contributed by atoms with Crippen LogP contribution in [0.25, 0.3) is 11.0 Å². The van der Waals surface area contributed by atoms with Crippen LogP contribution >= 0.6 is 0 Å². The number of piperidine rings is 2. The minimum Gasteiger partial charge on any atom is -0.493 e. The van der Waals surface area contributed by atoms with Gasteiger partial charge in [-0.25, -0.2) is 17.5 Å². The van der Waals surface area contributed by atoms with E-state index in [4.69, 9.17) is 23.9 Å². The minimum absolute atomic E-state index is 0.0274. The Morgan fingerprint density at radius 3 is 2.56 bits per heavy atom. The molecule has 19 heteroatoms. The summed E-state index contributed by atoms with van der Waals surface area (Å²) in [6.45, 7) is 4.31. The van der Waals surface area contributed by atoms with Crippen molar-refractivity contribution in [3.05, 3.63) is 100 Å². The maximum atomic E-state index is 15.4. The number of hydrogen-bond donors (Lipinski definition) is 3. The first kappa shape index (κ1) is 45.1. The van der Waals surface area contributed by atoms with Gasteiger partial charge in [-0.05, 0) is 105 Å². The van der Waals surface area contributed by atoms with Gasteiger partial charge >= 0.3 is 0 Å². The number of nitro groups is 1. The van der Waals surface area contributed by atoms with Gasteiger partial charge in [0.25, 0.3) is 21.6 Å². The number of benzene rings is 3. The molecule has 3 N–H and O–H groups in total. The van der Waals surface area contributed by atoms with E-state index < -0.39 is 43.2 Å². The molecule has 0 radical (unpaired) electrons. The number of carbonyl (C=O) groups is 1. The minimum atomic E-state index is -4.68. The number of fused-ring (bicyclic) bond motifs is 5. The smallest absolute Gasteiger partial charge is 0.293 e. The van der Waals surface area contributed by atoms with Gasteiger partial charge < -0.3 is 39.0 Å².